The lowest BCUT2D eigenvalue weighted by molar-refractivity contribution is -0.129. The van der Waals surface area contributed by atoms with Crippen LogP contribution in [-0.2, 0) is 27.4 Å². The number of benzene rings is 4. The summed E-state index contributed by atoms with van der Waals surface area (Å²) in [5, 5.41) is 24.4. The maximum absolute atomic E-state index is 13.2. The molecule has 4 aromatic carbocycles. The first-order valence-electron chi connectivity index (χ1n) is 16.7. The van der Waals surface area contributed by atoms with Crippen LogP contribution in [0.2, 0.25) is 0 Å². The predicted octanol–water partition coefficient (Wildman–Crippen LogP) is 8.12. The number of hydrogen-bond acceptors (Lipinski definition) is 12. The van der Waals surface area contributed by atoms with E-state index in [1.54, 1.807) is 30.3 Å². The number of carbonyl (C=O) groups is 2. The molecule has 0 aliphatic rings. The molecule has 19 heteroatoms. The molecule has 15 nitrogen and oxygen atoms in total. The molecule has 0 spiro atoms. The Morgan fingerprint density at radius 2 is 1.28 bits per heavy atom. The quantitative estimate of drug-likeness (QED) is 0.0567. The van der Waals surface area contributed by atoms with Gasteiger partial charge in [-0.05, 0) is 72.8 Å². The van der Waals surface area contributed by atoms with Gasteiger partial charge in [0.2, 0.25) is 5.91 Å². The second kappa shape index (κ2) is 19.1. The fraction of sp³-hybridized carbons (Fsp3) is 0.0526. The normalized spacial score (nSPS) is 10.5. The van der Waals surface area contributed by atoms with Gasteiger partial charge in [-0.2, -0.15) is 10.2 Å². The molecular formula is C38H30Br2F2N12O3. The Kier molecular flexibility index (Phi) is 13.4. The summed E-state index contributed by atoms with van der Waals surface area (Å²) < 4.78 is 31.8. The van der Waals surface area contributed by atoms with E-state index in [-0.39, 0.29) is 24.8 Å². The number of ether oxygens (including phenoxy) is 1. The van der Waals surface area contributed by atoms with E-state index < -0.39 is 5.82 Å². The molecule has 0 saturated carbocycles. The highest BCUT2D eigenvalue weighted by Crippen LogP contribution is 2.27. The van der Waals surface area contributed by atoms with Crippen LogP contribution in [0.3, 0.4) is 0 Å². The molecule has 0 saturated heterocycles. The standard InChI is InChI=1S/C19H14BrFN6O.C13H10BrN5O2.C6H6FN/c20-11-4-5-16-15(6-11)19(23-10-22-16)25-17-8-14(26-27-17)9-18(28)24-13-3-1-2-12(21)7-13;14-8-1-2-11-10(3-8)13(16-6-15-11)17-12-4-9(18-19-12)5-21-7-20;7-5-2-1-3-6(8)4-5/h1-8,10H,9H2,(H,24,28)(H2,22,23,25,26,27);1-4,6-7H,5H2,(H2,15,16,17,18,19);1-4H,8H2. The maximum atomic E-state index is 13.2. The van der Waals surface area contributed by atoms with Crippen molar-refractivity contribution in [2.24, 2.45) is 0 Å². The molecule has 4 aromatic heterocycles. The topological polar surface area (TPSA) is 214 Å². The van der Waals surface area contributed by atoms with E-state index in [1.165, 1.54) is 43.0 Å². The van der Waals surface area contributed by atoms with Gasteiger partial charge in [0.15, 0.2) is 11.6 Å². The van der Waals surface area contributed by atoms with E-state index in [9.17, 15) is 18.4 Å². The number of amides is 1. The minimum atomic E-state index is -0.408. The molecule has 8 aromatic rings. The number of nitrogen functional groups attached to an aromatic ring is 1. The summed E-state index contributed by atoms with van der Waals surface area (Å²) in [6.07, 6.45) is 3.03. The molecule has 0 atom stereocenters. The minimum Gasteiger partial charge on any atom is -0.461 e. The van der Waals surface area contributed by atoms with Gasteiger partial charge in [0.25, 0.3) is 6.47 Å². The van der Waals surface area contributed by atoms with Gasteiger partial charge in [0.05, 0.1) is 23.1 Å². The molecule has 288 valence electrons. The first-order chi connectivity index (χ1) is 27.6. The van der Waals surface area contributed by atoms with Crippen LogP contribution < -0.4 is 21.7 Å². The lowest BCUT2D eigenvalue weighted by atomic mass is 10.2. The number of nitrogens with two attached hydrogens (primary N) is 1. The summed E-state index contributed by atoms with van der Waals surface area (Å²) in [4.78, 5) is 39.2. The molecule has 57 heavy (non-hydrogen) atoms. The zero-order valence-electron chi connectivity index (χ0n) is 29.4. The molecule has 4 heterocycles. The van der Waals surface area contributed by atoms with E-state index in [0.29, 0.717) is 52.5 Å². The lowest BCUT2D eigenvalue weighted by Crippen LogP contribution is -2.14. The Labute approximate surface area is 339 Å². The molecule has 8 rings (SSSR count). The number of rotatable bonds is 10. The summed E-state index contributed by atoms with van der Waals surface area (Å²) in [5.41, 5.74) is 9.00. The fourth-order valence-corrected chi connectivity index (χ4v) is 5.81. The number of hydrogen-bond donors (Lipinski definition) is 6. The molecule has 1 amide bonds. The van der Waals surface area contributed by atoms with E-state index in [2.05, 4.69) is 92.9 Å². The lowest BCUT2D eigenvalue weighted by Gasteiger charge is -2.06. The number of carbonyl (C=O) groups excluding carboxylic acids is 2. The van der Waals surface area contributed by atoms with Crippen molar-refractivity contribution in [3.05, 3.63) is 142 Å². The number of aromatic nitrogens is 8. The smallest absolute Gasteiger partial charge is 0.293 e. The van der Waals surface area contributed by atoms with Crippen molar-refractivity contribution >= 4 is 101 Å². The molecular weight excluding hydrogens is 870 g/mol. The van der Waals surface area contributed by atoms with Gasteiger partial charge < -0.3 is 26.4 Å². The van der Waals surface area contributed by atoms with Crippen molar-refractivity contribution in [1.29, 1.82) is 0 Å². The number of anilines is 6. The minimum absolute atomic E-state index is 0.0707. The average molecular weight is 901 g/mol. The van der Waals surface area contributed by atoms with Gasteiger partial charge in [-0.1, -0.05) is 44.0 Å². The Bertz CT molecular complexity index is 2630. The van der Waals surface area contributed by atoms with Crippen LogP contribution in [-0.4, -0.2) is 52.7 Å². The van der Waals surface area contributed by atoms with Crippen LogP contribution >= 0.6 is 31.9 Å². The number of aromatic amines is 2. The van der Waals surface area contributed by atoms with Gasteiger partial charge >= 0.3 is 0 Å². The third kappa shape index (κ3) is 11.6. The highest BCUT2D eigenvalue weighted by Gasteiger charge is 2.11. The number of fused-ring (bicyclic) bond motifs is 2. The van der Waals surface area contributed by atoms with Crippen LogP contribution in [0.4, 0.5) is 43.4 Å². The second-order valence-corrected chi connectivity index (χ2v) is 13.6. The largest absolute Gasteiger partial charge is 0.461 e. The zero-order chi connectivity index (χ0) is 40.1. The maximum Gasteiger partial charge on any atom is 0.293 e. The van der Waals surface area contributed by atoms with E-state index >= 15 is 0 Å². The Morgan fingerprint density at radius 1 is 0.719 bits per heavy atom. The summed E-state index contributed by atoms with van der Waals surface area (Å²) in [5.74, 6) is 1.38. The Hall–Kier alpha value is -6.86. The van der Waals surface area contributed by atoms with Crippen LogP contribution in [0.25, 0.3) is 21.8 Å². The number of halogens is 4. The number of H-pyrrole nitrogens is 2. The molecule has 7 N–H and O–H groups in total. The predicted molar refractivity (Wildman–Crippen MR) is 219 cm³/mol. The first kappa shape index (κ1) is 39.8. The van der Waals surface area contributed by atoms with Gasteiger partial charge in [-0.25, -0.2) is 28.7 Å². The highest BCUT2D eigenvalue weighted by molar-refractivity contribution is 9.10. The average Bonchev–Trinajstić information content (AvgIpc) is 3.83. The van der Waals surface area contributed by atoms with Crippen molar-refractivity contribution in [1.82, 2.24) is 40.3 Å². The van der Waals surface area contributed by atoms with Crippen LogP contribution in [0.5, 0.6) is 0 Å². The van der Waals surface area contributed by atoms with Crippen molar-refractivity contribution in [2.45, 2.75) is 13.0 Å². The molecule has 0 bridgehead atoms. The summed E-state index contributed by atoms with van der Waals surface area (Å²) in [7, 11) is 0. The van der Waals surface area contributed by atoms with E-state index in [1.807, 2.05) is 36.4 Å². The van der Waals surface area contributed by atoms with Crippen LogP contribution in [0, 0.1) is 11.6 Å². The van der Waals surface area contributed by atoms with Crippen molar-refractivity contribution in [2.75, 3.05) is 21.7 Å². The van der Waals surface area contributed by atoms with Crippen LogP contribution in [0.15, 0.2) is 119 Å². The number of nitrogens with zero attached hydrogens (tertiary/aromatic N) is 6. The molecule has 0 radical (unpaired) electrons. The van der Waals surface area contributed by atoms with Crippen molar-refractivity contribution in [3.63, 3.8) is 0 Å². The first-order valence-corrected chi connectivity index (χ1v) is 18.3. The highest BCUT2D eigenvalue weighted by atomic mass is 79.9. The molecule has 0 aliphatic heterocycles. The van der Waals surface area contributed by atoms with E-state index in [4.69, 9.17) is 5.73 Å². The van der Waals surface area contributed by atoms with E-state index in [0.717, 1.165) is 30.8 Å². The zero-order valence-corrected chi connectivity index (χ0v) is 32.6. The Morgan fingerprint density at radius 3 is 1.82 bits per heavy atom. The summed E-state index contributed by atoms with van der Waals surface area (Å²) in [6, 6.07) is 26.5. The van der Waals surface area contributed by atoms with Crippen LogP contribution in [0.1, 0.15) is 11.4 Å². The summed E-state index contributed by atoms with van der Waals surface area (Å²) >= 11 is 6.87. The van der Waals surface area contributed by atoms with Gasteiger partial charge in [-0.15, -0.1) is 0 Å². The number of nitrogens with one attached hydrogen (secondary N) is 5. The molecule has 0 unspecified atom stereocenters. The van der Waals surface area contributed by atoms with Crippen molar-refractivity contribution in [3.8, 4) is 0 Å². The third-order valence-electron chi connectivity index (χ3n) is 7.56. The monoisotopic (exact) mass is 898 g/mol. The molecule has 0 fully saturated rings. The fourth-order valence-electron chi connectivity index (χ4n) is 5.09. The Balaban J connectivity index is 0.000000166. The summed E-state index contributed by atoms with van der Waals surface area (Å²) in [6.45, 7) is 0.539. The van der Waals surface area contributed by atoms with Gasteiger partial charge in [-0.3, -0.25) is 19.8 Å². The second-order valence-electron chi connectivity index (χ2n) is 11.8. The molecule has 0 aliphatic carbocycles. The SMILES string of the molecule is Nc1cccc(F)c1.O=C(Cc1cc(Nc2ncnc3ccc(Br)cc23)n[nH]1)Nc1cccc(F)c1.O=COCc1cc(Nc2ncnc3ccc(Br)cc23)n[nH]1. The third-order valence-corrected chi connectivity index (χ3v) is 8.55. The van der Waals surface area contributed by atoms with Crippen molar-refractivity contribution < 1.29 is 23.1 Å². The van der Waals surface area contributed by atoms with Gasteiger partial charge in [0.1, 0.15) is 42.5 Å². The van der Waals surface area contributed by atoms with Gasteiger partial charge in [0, 0.05) is 48.9 Å².